The summed E-state index contributed by atoms with van der Waals surface area (Å²) >= 11 is 0. The van der Waals surface area contributed by atoms with Crippen LogP contribution in [0.4, 0.5) is 0 Å². The summed E-state index contributed by atoms with van der Waals surface area (Å²) < 4.78 is 0. The molecule has 4 aliphatic carbocycles. The average molecular weight is 150 g/mol. The number of hydrogen-bond acceptors (Lipinski definition) is 0. The number of hydrogen-bond donors (Lipinski definition) is 0. The summed E-state index contributed by atoms with van der Waals surface area (Å²) in [5.41, 5.74) is 0. The molecule has 0 aliphatic heterocycles. The molecular formula is C11H18. The minimum atomic E-state index is 1.07. The van der Waals surface area contributed by atoms with Crippen LogP contribution in [0.5, 0.6) is 0 Å². The van der Waals surface area contributed by atoms with E-state index in [-0.39, 0.29) is 0 Å². The van der Waals surface area contributed by atoms with Crippen molar-refractivity contribution in [1.82, 2.24) is 0 Å². The molecule has 4 rings (SSSR count). The van der Waals surface area contributed by atoms with Gasteiger partial charge in [-0.2, -0.15) is 0 Å². The van der Waals surface area contributed by atoms with E-state index in [1.807, 2.05) is 0 Å². The molecule has 11 heavy (non-hydrogen) atoms. The molecule has 0 N–H and O–H groups in total. The molecule has 3 atom stereocenters. The number of fused-ring (bicyclic) bond motifs is 3. The van der Waals surface area contributed by atoms with Gasteiger partial charge in [-0.25, -0.2) is 0 Å². The fourth-order valence-corrected chi connectivity index (χ4v) is 3.88. The lowest BCUT2D eigenvalue weighted by molar-refractivity contribution is 0.327. The smallest absolute Gasteiger partial charge is 0.0349 e. The third-order valence-electron chi connectivity index (χ3n) is 4.70. The Labute approximate surface area is 69.4 Å². The summed E-state index contributed by atoms with van der Waals surface area (Å²) in [7, 11) is 0. The van der Waals surface area contributed by atoms with Crippen molar-refractivity contribution >= 4 is 0 Å². The van der Waals surface area contributed by atoms with Crippen molar-refractivity contribution in [2.45, 2.75) is 39.0 Å². The summed E-state index contributed by atoms with van der Waals surface area (Å²) in [6.07, 6.45) is 7.90. The molecule has 0 aromatic rings. The summed E-state index contributed by atoms with van der Waals surface area (Å²) in [6, 6.07) is 0. The molecule has 4 bridgehead atoms. The van der Waals surface area contributed by atoms with Crippen LogP contribution in [-0.2, 0) is 0 Å². The molecule has 3 unspecified atom stereocenters. The van der Waals surface area contributed by atoms with Gasteiger partial charge in [0.05, 0.1) is 0 Å². The molecule has 0 amide bonds. The second-order valence-electron chi connectivity index (χ2n) is 5.12. The van der Waals surface area contributed by atoms with Gasteiger partial charge in [0.1, 0.15) is 0 Å². The lowest BCUT2D eigenvalue weighted by Gasteiger charge is -2.18. The summed E-state index contributed by atoms with van der Waals surface area (Å²) in [5.74, 6) is 5.78. The summed E-state index contributed by atoms with van der Waals surface area (Å²) in [6.45, 7) is 2.49. The predicted octanol–water partition coefficient (Wildman–Crippen LogP) is 3.08. The molecule has 0 saturated heterocycles. The highest BCUT2D eigenvalue weighted by atomic mass is 14.6. The van der Waals surface area contributed by atoms with E-state index in [9.17, 15) is 0 Å². The molecule has 0 heterocycles. The minimum absolute atomic E-state index is 1.07. The van der Waals surface area contributed by atoms with Crippen LogP contribution in [-0.4, -0.2) is 0 Å². The predicted molar refractivity (Wildman–Crippen MR) is 46.2 cm³/mol. The molecule has 0 spiro atoms. The zero-order valence-electron chi connectivity index (χ0n) is 7.42. The van der Waals surface area contributed by atoms with Crippen molar-refractivity contribution in [2.24, 2.45) is 29.6 Å². The van der Waals surface area contributed by atoms with Crippen LogP contribution >= 0.6 is 0 Å². The first-order valence-electron chi connectivity index (χ1n) is 5.36. The quantitative estimate of drug-likeness (QED) is 0.498. The van der Waals surface area contributed by atoms with Crippen molar-refractivity contribution in [3.63, 3.8) is 0 Å². The van der Waals surface area contributed by atoms with Crippen LogP contribution < -0.4 is 0 Å². The Morgan fingerprint density at radius 2 is 1.45 bits per heavy atom. The molecule has 62 valence electrons. The van der Waals surface area contributed by atoms with Crippen LogP contribution in [0.25, 0.3) is 0 Å². The zero-order valence-corrected chi connectivity index (χ0v) is 7.42. The van der Waals surface area contributed by atoms with Crippen molar-refractivity contribution in [3.05, 3.63) is 0 Å². The molecule has 4 saturated carbocycles. The highest BCUT2D eigenvalue weighted by Crippen LogP contribution is 2.61. The van der Waals surface area contributed by atoms with Crippen LogP contribution in [0.15, 0.2) is 0 Å². The average Bonchev–Trinajstić information content (AvgIpc) is 2.65. The maximum atomic E-state index is 2.49. The van der Waals surface area contributed by atoms with Crippen molar-refractivity contribution in [1.29, 1.82) is 0 Å². The maximum absolute atomic E-state index is 2.49. The highest BCUT2D eigenvalue weighted by Gasteiger charge is 2.53. The Bertz CT molecular complexity index is 159. The molecule has 0 aromatic heterocycles. The van der Waals surface area contributed by atoms with Crippen molar-refractivity contribution in [3.8, 4) is 0 Å². The number of rotatable bonds is 0. The van der Waals surface area contributed by atoms with Crippen LogP contribution in [0, 0.1) is 29.6 Å². The van der Waals surface area contributed by atoms with Gasteiger partial charge in [-0.1, -0.05) is 6.92 Å². The van der Waals surface area contributed by atoms with E-state index >= 15 is 0 Å². The fraction of sp³-hybridized carbons (Fsp3) is 1.00. The molecule has 0 heteroatoms. The Morgan fingerprint density at radius 1 is 0.818 bits per heavy atom. The molecule has 4 fully saturated rings. The Hall–Kier alpha value is 0. The standard InChI is InChI=1S/C11H18/c1-7-6-11-9-4-2-8(7)3-5-10(9)11/h7-11H,2-6H2,1H3. The second-order valence-corrected chi connectivity index (χ2v) is 5.12. The summed E-state index contributed by atoms with van der Waals surface area (Å²) in [5, 5.41) is 0. The lowest BCUT2D eigenvalue weighted by atomic mass is 9.88. The Morgan fingerprint density at radius 3 is 2.09 bits per heavy atom. The van der Waals surface area contributed by atoms with Gasteiger partial charge < -0.3 is 0 Å². The van der Waals surface area contributed by atoms with Gasteiger partial charge in [-0.15, -0.1) is 0 Å². The van der Waals surface area contributed by atoms with Crippen LogP contribution in [0.2, 0.25) is 0 Å². The van der Waals surface area contributed by atoms with Gasteiger partial charge in [0, 0.05) is 0 Å². The largest absolute Gasteiger partial charge is 0.0622 e. The fourth-order valence-electron chi connectivity index (χ4n) is 3.88. The van der Waals surface area contributed by atoms with Gasteiger partial charge in [-0.3, -0.25) is 0 Å². The van der Waals surface area contributed by atoms with E-state index in [1.165, 1.54) is 17.8 Å². The van der Waals surface area contributed by atoms with Crippen LogP contribution in [0.1, 0.15) is 39.0 Å². The minimum Gasteiger partial charge on any atom is -0.0622 e. The Balaban J connectivity index is 1.90. The van der Waals surface area contributed by atoms with Gasteiger partial charge in [0.2, 0.25) is 0 Å². The van der Waals surface area contributed by atoms with Gasteiger partial charge >= 0.3 is 0 Å². The SMILES string of the molecule is CC1CC2C3CCC1CCC32. The monoisotopic (exact) mass is 150 g/mol. The van der Waals surface area contributed by atoms with Crippen molar-refractivity contribution < 1.29 is 0 Å². The summed E-state index contributed by atoms with van der Waals surface area (Å²) in [4.78, 5) is 0. The van der Waals surface area contributed by atoms with Gasteiger partial charge in [0.25, 0.3) is 0 Å². The normalized spacial score (nSPS) is 60.3. The van der Waals surface area contributed by atoms with E-state index in [4.69, 9.17) is 0 Å². The third-order valence-corrected chi connectivity index (χ3v) is 4.70. The zero-order chi connectivity index (χ0) is 7.42. The molecule has 0 radical (unpaired) electrons. The van der Waals surface area contributed by atoms with E-state index in [2.05, 4.69) is 6.92 Å². The van der Waals surface area contributed by atoms with Crippen molar-refractivity contribution in [2.75, 3.05) is 0 Å². The molecular weight excluding hydrogens is 132 g/mol. The van der Waals surface area contributed by atoms with E-state index < -0.39 is 0 Å². The molecule has 4 aliphatic rings. The van der Waals surface area contributed by atoms with E-state index in [1.54, 1.807) is 32.1 Å². The van der Waals surface area contributed by atoms with Gasteiger partial charge in [-0.05, 0) is 61.7 Å². The molecule has 0 aromatic carbocycles. The topological polar surface area (TPSA) is 0 Å². The van der Waals surface area contributed by atoms with E-state index in [0.29, 0.717) is 0 Å². The Kier molecular flexibility index (Phi) is 1.20. The molecule has 0 nitrogen and oxygen atoms in total. The first-order chi connectivity index (χ1) is 5.36. The third kappa shape index (κ3) is 0.816. The maximum Gasteiger partial charge on any atom is -0.0349 e. The van der Waals surface area contributed by atoms with Crippen LogP contribution in [0.3, 0.4) is 0 Å². The van der Waals surface area contributed by atoms with Gasteiger partial charge in [0.15, 0.2) is 0 Å². The second kappa shape index (κ2) is 2.02. The first kappa shape index (κ1) is 6.51. The van der Waals surface area contributed by atoms with E-state index in [0.717, 1.165) is 11.8 Å². The lowest BCUT2D eigenvalue weighted by Crippen LogP contribution is -2.08. The highest BCUT2D eigenvalue weighted by molar-refractivity contribution is 5.03. The first-order valence-corrected chi connectivity index (χ1v) is 5.36.